The summed E-state index contributed by atoms with van der Waals surface area (Å²) in [6, 6.07) is 13.1. The number of hydrogen-bond acceptors (Lipinski definition) is 2. The van der Waals surface area contributed by atoms with Gasteiger partial charge in [-0.2, -0.15) is 0 Å². The van der Waals surface area contributed by atoms with Crippen molar-refractivity contribution in [3.05, 3.63) is 59.2 Å². The van der Waals surface area contributed by atoms with E-state index in [9.17, 15) is 9.59 Å². The normalized spacial score (nSPS) is 10.3. The molecule has 0 atom stereocenters. The zero-order chi connectivity index (χ0) is 17.5. The van der Waals surface area contributed by atoms with Gasteiger partial charge >= 0.3 is 0 Å². The Morgan fingerprint density at radius 2 is 1.50 bits per heavy atom. The van der Waals surface area contributed by atoms with Crippen LogP contribution in [0.3, 0.4) is 0 Å². The molecule has 0 aliphatic heterocycles. The summed E-state index contributed by atoms with van der Waals surface area (Å²) in [4.78, 5) is 24.1. The maximum absolute atomic E-state index is 12.6. The molecule has 0 bridgehead atoms. The molecule has 2 rings (SSSR count). The molecule has 0 aliphatic rings. The Morgan fingerprint density at radius 3 is 2.08 bits per heavy atom. The van der Waals surface area contributed by atoms with E-state index in [1.54, 1.807) is 31.2 Å². The molecule has 4 nitrogen and oxygen atoms in total. The number of rotatable bonds is 6. The molecule has 0 fully saturated rings. The Hall–Kier alpha value is -2.62. The minimum Gasteiger partial charge on any atom is -0.326 e. The second-order valence-corrected chi connectivity index (χ2v) is 5.60. The number of nitrogens with one attached hydrogen (secondary N) is 2. The zero-order valence-corrected chi connectivity index (χ0v) is 14.5. The monoisotopic (exact) mass is 324 g/mol. The van der Waals surface area contributed by atoms with Crippen molar-refractivity contribution in [1.29, 1.82) is 0 Å². The van der Waals surface area contributed by atoms with Crippen LogP contribution in [-0.4, -0.2) is 11.8 Å². The lowest BCUT2D eigenvalue weighted by Crippen LogP contribution is -2.16. The van der Waals surface area contributed by atoms with Gasteiger partial charge in [0.05, 0.1) is 0 Å². The number of hydrogen-bond donors (Lipinski definition) is 2. The lowest BCUT2D eigenvalue weighted by Gasteiger charge is -2.15. The fourth-order valence-corrected chi connectivity index (χ4v) is 2.58. The van der Waals surface area contributed by atoms with Gasteiger partial charge in [0.15, 0.2) is 0 Å². The van der Waals surface area contributed by atoms with E-state index < -0.39 is 0 Å². The van der Waals surface area contributed by atoms with Crippen LogP contribution in [0.5, 0.6) is 0 Å². The van der Waals surface area contributed by atoms with E-state index in [-0.39, 0.29) is 11.8 Å². The first-order valence-electron chi connectivity index (χ1n) is 8.41. The maximum Gasteiger partial charge on any atom is 0.255 e. The zero-order valence-electron chi connectivity index (χ0n) is 14.5. The summed E-state index contributed by atoms with van der Waals surface area (Å²) in [7, 11) is 0. The van der Waals surface area contributed by atoms with E-state index in [1.165, 1.54) is 0 Å². The van der Waals surface area contributed by atoms with Crippen molar-refractivity contribution in [2.75, 3.05) is 10.6 Å². The van der Waals surface area contributed by atoms with Gasteiger partial charge in [0.1, 0.15) is 0 Å². The number of carbonyl (C=O) groups is 2. The van der Waals surface area contributed by atoms with Crippen molar-refractivity contribution >= 4 is 23.2 Å². The van der Waals surface area contributed by atoms with Crippen LogP contribution in [0.25, 0.3) is 0 Å². The lowest BCUT2D eigenvalue weighted by molar-refractivity contribution is -0.115. The van der Waals surface area contributed by atoms with Crippen molar-refractivity contribution in [2.45, 2.75) is 40.0 Å². The van der Waals surface area contributed by atoms with Crippen LogP contribution in [-0.2, 0) is 17.6 Å². The van der Waals surface area contributed by atoms with Crippen LogP contribution >= 0.6 is 0 Å². The second-order valence-electron chi connectivity index (χ2n) is 5.60. The first kappa shape index (κ1) is 17.7. The van der Waals surface area contributed by atoms with E-state index in [1.807, 2.05) is 18.2 Å². The predicted octanol–water partition coefficient (Wildman–Crippen LogP) is 4.41. The number of para-hydroxylation sites is 1. The van der Waals surface area contributed by atoms with E-state index >= 15 is 0 Å². The molecule has 24 heavy (non-hydrogen) atoms. The molecule has 4 heteroatoms. The van der Waals surface area contributed by atoms with Gasteiger partial charge < -0.3 is 10.6 Å². The van der Waals surface area contributed by atoms with Crippen molar-refractivity contribution in [1.82, 2.24) is 0 Å². The molecule has 126 valence electrons. The largest absolute Gasteiger partial charge is 0.326 e. The fourth-order valence-electron chi connectivity index (χ4n) is 2.58. The average Bonchev–Trinajstić information content (AvgIpc) is 2.61. The first-order chi connectivity index (χ1) is 11.6. The molecular weight excluding hydrogens is 300 g/mol. The minimum absolute atomic E-state index is 0.0721. The molecule has 0 spiro atoms. The first-order valence-corrected chi connectivity index (χ1v) is 8.41. The third kappa shape index (κ3) is 4.22. The van der Waals surface area contributed by atoms with Crippen LogP contribution in [0, 0.1) is 0 Å². The van der Waals surface area contributed by atoms with Gasteiger partial charge in [0.25, 0.3) is 5.91 Å². The van der Waals surface area contributed by atoms with Gasteiger partial charge in [-0.25, -0.2) is 0 Å². The number of amides is 2. The molecular formula is C20H24N2O2. The third-order valence-corrected chi connectivity index (χ3v) is 3.97. The molecule has 0 aliphatic carbocycles. The molecule has 0 radical (unpaired) electrons. The van der Waals surface area contributed by atoms with Crippen molar-refractivity contribution in [3.8, 4) is 0 Å². The van der Waals surface area contributed by atoms with Crippen molar-refractivity contribution < 1.29 is 9.59 Å². The summed E-state index contributed by atoms with van der Waals surface area (Å²) in [6.07, 6.45) is 2.12. The van der Waals surface area contributed by atoms with Gasteiger partial charge in [0.2, 0.25) is 5.91 Å². The number of carbonyl (C=O) groups excluding carboxylic acids is 2. The summed E-state index contributed by atoms with van der Waals surface area (Å²) in [5.74, 6) is -0.240. The van der Waals surface area contributed by atoms with Gasteiger partial charge in [-0.15, -0.1) is 0 Å². The summed E-state index contributed by atoms with van der Waals surface area (Å²) in [5, 5.41) is 5.82. The van der Waals surface area contributed by atoms with Gasteiger partial charge in [-0.3, -0.25) is 9.59 Å². The van der Waals surface area contributed by atoms with Crippen LogP contribution in [0.4, 0.5) is 11.4 Å². The minimum atomic E-state index is -0.168. The summed E-state index contributed by atoms with van der Waals surface area (Å²) >= 11 is 0. The Morgan fingerprint density at radius 1 is 0.875 bits per heavy atom. The molecule has 0 saturated carbocycles. The van der Waals surface area contributed by atoms with Gasteiger partial charge in [-0.05, 0) is 42.2 Å². The van der Waals surface area contributed by atoms with E-state index in [2.05, 4.69) is 24.5 Å². The topological polar surface area (TPSA) is 58.2 Å². The summed E-state index contributed by atoms with van der Waals surface area (Å²) in [6.45, 7) is 5.94. The molecule has 0 aromatic heterocycles. The second kappa shape index (κ2) is 8.29. The maximum atomic E-state index is 12.6. The van der Waals surface area contributed by atoms with Crippen LogP contribution in [0.1, 0.15) is 48.7 Å². The van der Waals surface area contributed by atoms with Gasteiger partial charge in [0, 0.05) is 23.4 Å². The smallest absolute Gasteiger partial charge is 0.255 e. The Labute approximate surface area is 143 Å². The Bertz CT molecular complexity index is 716. The Kier molecular flexibility index (Phi) is 6.13. The summed E-state index contributed by atoms with van der Waals surface area (Å²) in [5.41, 5.74) is 4.30. The molecule has 2 aromatic carbocycles. The number of benzene rings is 2. The van der Waals surface area contributed by atoms with E-state index in [0.29, 0.717) is 17.7 Å². The SMILES string of the molecule is CCC(=O)Nc1cccc(C(=O)Nc2c(CC)cccc2CC)c1. The molecule has 0 saturated heterocycles. The number of aryl methyl sites for hydroxylation is 2. The van der Waals surface area contributed by atoms with Crippen molar-refractivity contribution in [3.63, 3.8) is 0 Å². The quantitative estimate of drug-likeness (QED) is 0.827. The molecule has 2 amide bonds. The summed E-state index contributed by atoms with van der Waals surface area (Å²) < 4.78 is 0. The van der Waals surface area contributed by atoms with Crippen LogP contribution < -0.4 is 10.6 Å². The molecule has 0 heterocycles. The fraction of sp³-hybridized carbons (Fsp3) is 0.300. The number of anilines is 2. The van der Waals surface area contributed by atoms with E-state index in [0.717, 1.165) is 29.7 Å². The third-order valence-electron chi connectivity index (χ3n) is 3.97. The van der Waals surface area contributed by atoms with E-state index in [4.69, 9.17) is 0 Å². The lowest BCUT2D eigenvalue weighted by atomic mass is 10.0. The van der Waals surface area contributed by atoms with Crippen LogP contribution in [0.15, 0.2) is 42.5 Å². The highest BCUT2D eigenvalue weighted by molar-refractivity contribution is 6.06. The molecule has 0 unspecified atom stereocenters. The average molecular weight is 324 g/mol. The standard InChI is InChI=1S/C20H24N2O2/c1-4-14-9-7-10-15(5-2)19(14)22-20(24)16-11-8-12-17(13-16)21-18(23)6-3/h7-13H,4-6H2,1-3H3,(H,21,23)(H,22,24). The Balaban J connectivity index is 2.25. The van der Waals surface area contributed by atoms with Crippen molar-refractivity contribution in [2.24, 2.45) is 0 Å². The van der Waals surface area contributed by atoms with Gasteiger partial charge in [-0.1, -0.05) is 45.0 Å². The molecule has 2 N–H and O–H groups in total. The highest BCUT2D eigenvalue weighted by Gasteiger charge is 2.12. The highest BCUT2D eigenvalue weighted by atomic mass is 16.2. The molecule has 2 aromatic rings. The van der Waals surface area contributed by atoms with Crippen LogP contribution in [0.2, 0.25) is 0 Å². The predicted molar refractivity (Wildman–Crippen MR) is 98.5 cm³/mol. The highest BCUT2D eigenvalue weighted by Crippen LogP contribution is 2.23.